The minimum absolute atomic E-state index is 0.423. The smallest absolute Gasteiger partial charge is 0.238 e. The van der Waals surface area contributed by atoms with Gasteiger partial charge >= 0.3 is 0 Å². The summed E-state index contributed by atoms with van der Waals surface area (Å²) >= 11 is 4.87. The highest BCUT2D eigenvalue weighted by molar-refractivity contribution is 7.71. The molecule has 62 valence electrons. The standard InChI is InChI=1S/C6H6N4OS/c12-6-7-8-9-10(6)4-5-2-1-3-11-5/h1-3H,4H2,(H,7,9,12). The topological polar surface area (TPSA) is 59.6 Å². The lowest BCUT2D eigenvalue weighted by Gasteiger charge is -1.94. The predicted octanol–water partition coefficient (Wildman–Crippen LogP) is 0.977. The van der Waals surface area contributed by atoms with E-state index in [1.165, 1.54) is 0 Å². The van der Waals surface area contributed by atoms with E-state index in [9.17, 15) is 0 Å². The molecule has 2 aromatic rings. The van der Waals surface area contributed by atoms with Crippen molar-refractivity contribution >= 4 is 12.2 Å². The van der Waals surface area contributed by atoms with Gasteiger partial charge in [-0.25, -0.2) is 4.68 Å². The van der Waals surface area contributed by atoms with E-state index in [2.05, 4.69) is 15.5 Å². The highest BCUT2D eigenvalue weighted by atomic mass is 32.1. The SMILES string of the molecule is S=c1nn[nH]n1Cc1ccco1. The Bertz CT molecular complexity index is 401. The Hall–Kier alpha value is -1.43. The molecule has 0 aliphatic carbocycles. The number of rotatable bonds is 2. The van der Waals surface area contributed by atoms with Gasteiger partial charge in [0.15, 0.2) is 0 Å². The average molecular weight is 182 g/mol. The molecule has 0 aromatic carbocycles. The van der Waals surface area contributed by atoms with Crippen molar-refractivity contribution in [1.29, 1.82) is 0 Å². The Kier molecular flexibility index (Phi) is 1.75. The first kappa shape index (κ1) is 7.23. The maximum absolute atomic E-state index is 5.12. The lowest BCUT2D eigenvalue weighted by atomic mass is 10.4. The Morgan fingerprint density at radius 3 is 3.17 bits per heavy atom. The van der Waals surface area contributed by atoms with Crippen molar-refractivity contribution in [2.24, 2.45) is 0 Å². The molecule has 0 saturated heterocycles. The third kappa shape index (κ3) is 1.28. The zero-order chi connectivity index (χ0) is 8.39. The Balaban J connectivity index is 2.25. The largest absolute Gasteiger partial charge is 0.467 e. The minimum atomic E-state index is 0.423. The van der Waals surface area contributed by atoms with Crippen molar-refractivity contribution in [3.8, 4) is 0 Å². The van der Waals surface area contributed by atoms with Gasteiger partial charge in [-0.15, -0.1) is 0 Å². The maximum atomic E-state index is 5.12. The van der Waals surface area contributed by atoms with E-state index in [0.29, 0.717) is 11.3 Å². The van der Waals surface area contributed by atoms with Crippen LogP contribution in [0.5, 0.6) is 0 Å². The average Bonchev–Trinajstić information content (AvgIpc) is 2.65. The van der Waals surface area contributed by atoms with Crippen LogP contribution in [0.1, 0.15) is 5.76 Å². The van der Waals surface area contributed by atoms with Crippen molar-refractivity contribution in [2.75, 3.05) is 0 Å². The van der Waals surface area contributed by atoms with Gasteiger partial charge in [0, 0.05) is 0 Å². The highest BCUT2D eigenvalue weighted by Crippen LogP contribution is 2.01. The summed E-state index contributed by atoms with van der Waals surface area (Å²) in [6.45, 7) is 0.541. The van der Waals surface area contributed by atoms with E-state index in [0.717, 1.165) is 5.76 Å². The van der Waals surface area contributed by atoms with Gasteiger partial charge in [-0.05, 0) is 24.4 Å². The lowest BCUT2D eigenvalue weighted by molar-refractivity contribution is 0.473. The first-order chi connectivity index (χ1) is 5.86. The number of H-pyrrole nitrogens is 1. The molecule has 1 N–H and O–H groups in total. The second-order valence-corrected chi connectivity index (χ2v) is 2.61. The van der Waals surface area contributed by atoms with Crippen molar-refractivity contribution in [2.45, 2.75) is 6.54 Å². The molecular weight excluding hydrogens is 176 g/mol. The molecule has 2 heterocycles. The zero-order valence-electron chi connectivity index (χ0n) is 6.10. The van der Waals surface area contributed by atoms with E-state index in [1.807, 2.05) is 12.1 Å². The molecule has 0 aliphatic heterocycles. The Morgan fingerprint density at radius 1 is 1.67 bits per heavy atom. The normalized spacial score (nSPS) is 10.3. The first-order valence-corrected chi connectivity index (χ1v) is 3.77. The molecule has 0 radical (unpaired) electrons. The van der Waals surface area contributed by atoms with E-state index >= 15 is 0 Å². The van der Waals surface area contributed by atoms with Gasteiger partial charge in [-0.1, -0.05) is 10.3 Å². The van der Waals surface area contributed by atoms with Gasteiger partial charge in [0.2, 0.25) is 4.77 Å². The summed E-state index contributed by atoms with van der Waals surface area (Å²) in [6.07, 6.45) is 1.61. The van der Waals surface area contributed by atoms with Gasteiger partial charge in [0.05, 0.1) is 6.26 Å². The van der Waals surface area contributed by atoms with E-state index in [-0.39, 0.29) is 0 Å². The summed E-state index contributed by atoms with van der Waals surface area (Å²) in [5.41, 5.74) is 0. The number of hydrogen-bond acceptors (Lipinski definition) is 4. The van der Waals surface area contributed by atoms with E-state index in [4.69, 9.17) is 16.6 Å². The van der Waals surface area contributed by atoms with Gasteiger partial charge in [-0.2, -0.15) is 5.21 Å². The van der Waals surface area contributed by atoms with Gasteiger partial charge in [-0.3, -0.25) is 0 Å². The molecule has 0 fully saturated rings. The number of aromatic amines is 1. The van der Waals surface area contributed by atoms with Crippen LogP contribution < -0.4 is 0 Å². The zero-order valence-corrected chi connectivity index (χ0v) is 6.91. The predicted molar refractivity (Wildman–Crippen MR) is 43.0 cm³/mol. The summed E-state index contributed by atoms with van der Waals surface area (Å²) < 4.78 is 7.16. The van der Waals surface area contributed by atoms with Crippen LogP contribution in [0.25, 0.3) is 0 Å². The van der Waals surface area contributed by atoms with Crippen LogP contribution in [0.15, 0.2) is 22.8 Å². The van der Waals surface area contributed by atoms with Crippen LogP contribution in [0, 0.1) is 4.77 Å². The van der Waals surface area contributed by atoms with Crippen molar-refractivity contribution < 1.29 is 4.42 Å². The monoisotopic (exact) mass is 182 g/mol. The molecule has 0 aliphatic rings. The van der Waals surface area contributed by atoms with Gasteiger partial charge < -0.3 is 4.42 Å². The van der Waals surface area contributed by atoms with Gasteiger partial charge in [0.25, 0.3) is 0 Å². The van der Waals surface area contributed by atoms with Gasteiger partial charge in [0.1, 0.15) is 12.3 Å². The summed E-state index contributed by atoms with van der Waals surface area (Å²) in [7, 11) is 0. The molecule has 5 nitrogen and oxygen atoms in total. The van der Waals surface area contributed by atoms with Crippen LogP contribution >= 0.6 is 12.2 Å². The molecule has 0 unspecified atom stereocenters. The molecular formula is C6H6N4OS. The van der Waals surface area contributed by atoms with Crippen molar-refractivity contribution in [1.82, 2.24) is 20.2 Å². The summed E-state index contributed by atoms with van der Waals surface area (Å²) in [4.78, 5) is 0. The summed E-state index contributed by atoms with van der Waals surface area (Å²) in [5, 5.41) is 9.81. The molecule has 6 heteroatoms. The number of furan rings is 1. The second kappa shape index (κ2) is 2.90. The number of nitrogens with one attached hydrogen (secondary N) is 1. The molecule has 0 atom stereocenters. The number of hydrogen-bond donors (Lipinski definition) is 1. The van der Waals surface area contributed by atoms with Crippen LogP contribution in [0.2, 0.25) is 0 Å². The van der Waals surface area contributed by atoms with Crippen LogP contribution in [0.3, 0.4) is 0 Å². The van der Waals surface area contributed by atoms with Crippen molar-refractivity contribution in [3.05, 3.63) is 28.9 Å². The second-order valence-electron chi connectivity index (χ2n) is 2.25. The summed E-state index contributed by atoms with van der Waals surface area (Å²) in [6, 6.07) is 3.69. The fraction of sp³-hybridized carbons (Fsp3) is 0.167. The molecule has 0 saturated carbocycles. The minimum Gasteiger partial charge on any atom is -0.467 e. The number of aromatic nitrogens is 4. The fourth-order valence-electron chi connectivity index (χ4n) is 0.877. The molecule has 0 spiro atoms. The molecule has 0 amide bonds. The van der Waals surface area contributed by atoms with E-state index < -0.39 is 0 Å². The van der Waals surface area contributed by atoms with Crippen molar-refractivity contribution in [3.63, 3.8) is 0 Å². The lowest BCUT2D eigenvalue weighted by Crippen LogP contribution is -2.00. The van der Waals surface area contributed by atoms with Crippen LogP contribution in [-0.2, 0) is 6.54 Å². The van der Waals surface area contributed by atoms with E-state index in [1.54, 1.807) is 10.9 Å². The maximum Gasteiger partial charge on any atom is 0.238 e. The Labute approximate surface area is 73.0 Å². The third-order valence-electron chi connectivity index (χ3n) is 1.43. The number of nitrogens with zero attached hydrogens (tertiary/aromatic N) is 3. The molecule has 2 rings (SSSR count). The van der Waals surface area contributed by atoms with Crippen LogP contribution in [0.4, 0.5) is 0 Å². The Morgan fingerprint density at radius 2 is 2.58 bits per heavy atom. The number of tetrazole rings is 1. The summed E-state index contributed by atoms with van der Waals surface area (Å²) in [5.74, 6) is 0.817. The van der Waals surface area contributed by atoms with Crippen LogP contribution in [-0.4, -0.2) is 20.2 Å². The highest BCUT2D eigenvalue weighted by Gasteiger charge is 1.98. The molecule has 0 bridgehead atoms. The quantitative estimate of drug-likeness (QED) is 0.703. The fourth-order valence-corrected chi connectivity index (χ4v) is 1.02. The third-order valence-corrected chi connectivity index (χ3v) is 1.73. The first-order valence-electron chi connectivity index (χ1n) is 3.36. The molecule has 12 heavy (non-hydrogen) atoms. The molecule has 2 aromatic heterocycles.